The van der Waals surface area contributed by atoms with E-state index < -0.39 is 30.4 Å². The first-order chi connectivity index (χ1) is 10.8. The van der Waals surface area contributed by atoms with E-state index in [1.807, 2.05) is 6.92 Å². The van der Waals surface area contributed by atoms with Crippen LogP contribution in [0, 0.1) is 0 Å². The van der Waals surface area contributed by atoms with Crippen LogP contribution in [0.5, 0.6) is 0 Å². The van der Waals surface area contributed by atoms with E-state index in [1.165, 1.54) is 4.90 Å². The van der Waals surface area contributed by atoms with Crippen LogP contribution in [0.4, 0.5) is 18.0 Å². The average molecular weight is 337 g/mol. The number of unbranched alkanes of at least 4 members (excludes halogenated alkanes) is 1. The number of halogens is 3. The lowest BCUT2D eigenvalue weighted by atomic mass is 10.1. The first-order valence-corrected chi connectivity index (χ1v) is 7.86. The van der Waals surface area contributed by atoms with Crippen molar-refractivity contribution in [3.8, 4) is 0 Å². The predicted molar refractivity (Wildman–Crippen MR) is 75.8 cm³/mol. The van der Waals surface area contributed by atoms with Gasteiger partial charge in [-0.2, -0.15) is 13.2 Å². The highest BCUT2D eigenvalue weighted by Gasteiger charge is 2.46. The molecule has 0 saturated carbocycles. The molecule has 2 N–H and O–H groups in total. The zero-order valence-electron chi connectivity index (χ0n) is 13.0. The fourth-order valence-corrected chi connectivity index (χ4v) is 2.86. The standard InChI is InChI=1S/C14H22F3N3O3/c1-2-3-4-10-12(21)18-5-6-20(10)13(22)19-9-7-11(23-8-9)14(15,16)17/h9-11H,2-8H2,1H3,(H,18,21)(H,19,22)/t9-,10?,11-/m0/s1. The quantitative estimate of drug-likeness (QED) is 0.815. The summed E-state index contributed by atoms with van der Waals surface area (Å²) in [7, 11) is 0. The van der Waals surface area contributed by atoms with Crippen LogP contribution in [0.15, 0.2) is 0 Å². The first-order valence-electron chi connectivity index (χ1n) is 7.86. The molecule has 9 heteroatoms. The molecule has 3 amide bonds. The Labute approximate surface area is 132 Å². The van der Waals surface area contributed by atoms with Crippen LogP contribution >= 0.6 is 0 Å². The summed E-state index contributed by atoms with van der Waals surface area (Å²) >= 11 is 0. The van der Waals surface area contributed by atoms with Gasteiger partial charge >= 0.3 is 12.2 Å². The van der Waals surface area contributed by atoms with Gasteiger partial charge in [0.25, 0.3) is 0 Å². The second kappa shape index (κ2) is 7.37. The van der Waals surface area contributed by atoms with Gasteiger partial charge in [-0.1, -0.05) is 19.8 Å². The lowest BCUT2D eigenvalue weighted by Gasteiger charge is -2.35. The molecule has 0 radical (unpaired) electrons. The van der Waals surface area contributed by atoms with Crippen molar-refractivity contribution < 1.29 is 27.5 Å². The van der Waals surface area contributed by atoms with Crippen LogP contribution in [0.1, 0.15) is 32.6 Å². The molecule has 1 unspecified atom stereocenters. The summed E-state index contributed by atoms with van der Waals surface area (Å²) in [4.78, 5) is 25.7. The molecule has 2 fully saturated rings. The summed E-state index contributed by atoms with van der Waals surface area (Å²) in [5.74, 6) is -0.212. The number of piperazine rings is 1. The second-order valence-electron chi connectivity index (χ2n) is 5.89. The Bertz CT molecular complexity index is 445. The first kappa shape index (κ1) is 17.8. The highest BCUT2D eigenvalue weighted by Crippen LogP contribution is 2.30. The molecule has 132 valence electrons. The SMILES string of the molecule is CCCCC1C(=O)NCCN1C(=O)N[C@@H]1CO[C@H](C(F)(F)F)C1. The van der Waals surface area contributed by atoms with Crippen LogP contribution in [-0.2, 0) is 9.53 Å². The predicted octanol–water partition coefficient (Wildman–Crippen LogP) is 1.41. The monoisotopic (exact) mass is 337 g/mol. The number of hydrogen-bond acceptors (Lipinski definition) is 3. The molecular formula is C14H22F3N3O3. The summed E-state index contributed by atoms with van der Waals surface area (Å²) in [6, 6.07) is -1.76. The average Bonchev–Trinajstić information content (AvgIpc) is 2.94. The molecule has 0 bridgehead atoms. The summed E-state index contributed by atoms with van der Waals surface area (Å²) in [5.41, 5.74) is 0. The lowest BCUT2D eigenvalue weighted by Crippen LogP contribution is -2.60. The maximum Gasteiger partial charge on any atom is 0.414 e. The van der Waals surface area contributed by atoms with Crippen molar-refractivity contribution >= 4 is 11.9 Å². The number of alkyl halides is 3. The molecule has 2 aliphatic heterocycles. The molecule has 6 nitrogen and oxygen atoms in total. The topological polar surface area (TPSA) is 70.7 Å². The van der Waals surface area contributed by atoms with E-state index in [0.29, 0.717) is 19.5 Å². The van der Waals surface area contributed by atoms with E-state index in [2.05, 4.69) is 10.6 Å². The van der Waals surface area contributed by atoms with Crippen LogP contribution < -0.4 is 10.6 Å². The lowest BCUT2D eigenvalue weighted by molar-refractivity contribution is -0.206. The third kappa shape index (κ3) is 4.49. The smallest absolute Gasteiger partial charge is 0.367 e. The van der Waals surface area contributed by atoms with Crippen molar-refractivity contribution in [3.05, 3.63) is 0 Å². The van der Waals surface area contributed by atoms with Crippen molar-refractivity contribution in [1.82, 2.24) is 15.5 Å². The van der Waals surface area contributed by atoms with Crippen LogP contribution in [0.2, 0.25) is 0 Å². The van der Waals surface area contributed by atoms with E-state index >= 15 is 0 Å². The third-order valence-electron chi connectivity index (χ3n) is 4.11. The summed E-state index contributed by atoms with van der Waals surface area (Å²) in [5, 5.41) is 5.27. The third-order valence-corrected chi connectivity index (χ3v) is 4.11. The Kier molecular flexibility index (Phi) is 5.72. The van der Waals surface area contributed by atoms with Crippen LogP contribution in [0.25, 0.3) is 0 Å². The van der Waals surface area contributed by atoms with Gasteiger partial charge in [-0.3, -0.25) is 4.79 Å². The molecule has 0 aliphatic carbocycles. The van der Waals surface area contributed by atoms with Gasteiger partial charge in [0.2, 0.25) is 5.91 Å². The maximum absolute atomic E-state index is 12.6. The number of amides is 3. The minimum Gasteiger partial charge on any atom is -0.367 e. The second-order valence-corrected chi connectivity index (χ2v) is 5.89. The van der Waals surface area contributed by atoms with Gasteiger partial charge in [0.05, 0.1) is 12.6 Å². The maximum atomic E-state index is 12.6. The van der Waals surface area contributed by atoms with Gasteiger partial charge < -0.3 is 20.3 Å². The number of hydrogen-bond donors (Lipinski definition) is 2. The van der Waals surface area contributed by atoms with Crippen LogP contribution in [-0.4, -0.2) is 60.9 Å². The van der Waals surface area contributed by atoms with Crippen molar-refractivity contribution in [2.75, 3.05) is 19.7 Å². The summed E-state index contributed by atoms with van der Waals surface area (Å²) in [6.45, 7) is 2.51. The Morgan fingerprint density at radius 2 is 2.22 bits per heavy atom. The van der Waals surface area contributed by atoms with Gasteiger partial charge in [0, 0.05) is 19.5 Å². The fourth-order valence-electron chi connectivity index (χ4n) is 2.86. The van der Waals surface area contributed by atoms with Crippen molar-refractivity contribution in [2.24, 2.45) is 0 Å². The van der Waals surface area contributed by atoms with Gasteiger partial charge in [0.1, 0.15) is 6.04 Å². The van der Waals surface area contributed by atoms with Gasteiger partial charge in [-0.15, -0.1) is 0 Å². The molecule has 0 aromatic heterocycles. The Morgan fingerprint density at radius 3 is 2.83 bits per heavy atom. The number of urea groups is 1. The Hall–Kier alpha value is -1.51. The molecule has 0 spiro atoms. The molecule has 2 rings (SSSR count). The minimum atomic E-state index is -4.42. The zero-order chi connectivity index (χ0) is 17.0. The molecule has 0 aromatic carbocycles. The number of carbonyl (C=O) groups is 2. The number of nitrogens with one attached hydrogen (secondary N) is 2. The molecule has 2 heterocycles. The number of rotatable bonds is 4. The molecule has 2 aliphatic rings. The zero-order valence-corrected chi connectivity index (χ0v) is 13.0. The highest BCUT2D eigenvalue weighted by atomic mass is 19.4. The van der Waals surface area contributed by atoms with E-state index in [9.17, 15) is 22.8 Å². The van der Waals surface area contributed by atoms with E-state index in [0.717, 1.165) is 12.8 Å². The van der Waals surface area contributed by atoms with Crippen molar-refractivity contribution in [1.29, 1.82) is 0 Å². The molecule has 3 atom stereocenters. The summed E-state index contributed by atoms with van der Waals surface area (Å²) in [6.07, 6.45) is -4.33. The Morgan fingerprint density at radius 1 is 1.48 bits per heavy atom. The fraction of sp³-hybridized carbons (Fsp3) is 0.857. The van der Waals surface area contributed by atoms with Gasteiger partial charge in [-0.05, 0) is 6.42 Å². The number of nitrogens with zero attached hydrogens (tertiary/aromatic N) is 1. The summed E-state index contributed by atoms with van der Waals surface area (Å²) < 4.78 is 42.4. The number of ether oxygens (including phenoxy) is 1. The Balaban J connectivity index is 1.92. The largest absolute Gasteiger partial charge is 0.414 e. The minimum absolute atomic E-state index is 0.171. The molecule has 23 heavy (non-hydrogen) atoms. The van der Waals surface area contributed by atoms with Gasteiger partial charge in [-0.25, -0.2) is 4.79 Å². The normalized spacial score (nSPS) is 28.6. The van der Waals surface area contributed by atoms with E-state index in [-0.39, 0.29) is 18.9 Å². The highest BCUT2D eigenvalue weighted by molar-refractivity contribution is 5.88. The van der Waals surface area contributed by atoms with E-state index in [1.54, 1.807) is 0 Å². The number of carbonyl (C=O) groups excluding carboxylic acids is 2. The van der Waals surface area contributed by atoms with Crippen molar-refractivity contribution in [2.45, 2.75) is 57.0 Å². The van der Waals surface area contributed by atoms with Crippen molar-refractivity contribution in [3.63, 3.8) is 0 Å². The molecular weight excluding hydrogens is 315 g/mol. The molecule has 2 saturated heterocycles. The van der Waals surface area contributed by atoms with Gasteiger partial charge in [0.15, 0.2) is 6.10 Å². The van der Waals surface area contributed by atoms with Crippen LogP contribution in [0.3, 0.4) is 0 Å². The molecule has 0 aromatic rings. The van der Waals surface area contributed by atoms with E-state index in [4.69, 9.17) is 4.74 Å².